The van der Waals surface area contributed by atoms with E-state index in [2.05, 4.69) is 24.3 Å². The van der Waals surface area contributed by atoms with Crippen LogP contribution in [0.25, 0.3) is 51.1 Å². The summed E-state index contributed by atoms with van der Waals surface area (Å²) in [5, 5.41) is 6.80. The van der Waals surface area contributed by atoms with E-state index in [0.29, 0.717) is 0 Å². The third-order valence-electron chi connectivity index (χ3n) is 4.94. The summed E-state index contributed by atoms with van der Waals surface area (Å²) in [6, 6.07) is 18.7. The molecule has 6 rings (SSSR count). The van der Waals surface area contributed by atoms with Crippen molar-refractivity contribution in [3.8, 4) is 0 Å². The minimum absolute atomic E-state index is 0.201. The average Bonchev–Trinajstić information content (AvgIpc) is 3.29. The van der Waals surface area contributed by atoms with Gasteiger partial charge in [0.2, 0.25) is 0 Å². The van der Waals surface area contributed by atoms with Crippen LogP contribution in [0, 0.1) is 11.6 Å². The van der Waals surface area contributed by atoms with Gasteiger partial charge in [0.25, 0.3) is 0 Å². The first kappa shape index (κ1) is 20.7. The maximum atomic E-state index is 13.5. The highest BCUT2D eigenvalue weighted by atomic mass is 32.1. The molecule has 0 nitrogen and oxygen atoms in total. The normalized spacial score (nSPS) is 11.0. The van der Waals surface area contributed by atoms with Crippen LogP contribution in [0.1, 0.15) is 27.7 Å². The molecule has 0 saturated carbocycles. The summed E-state index contributed by atoms with van der Waals surface area (Å²) in [5.74, 6) is -0.402. The molecule has 0 aliphatic carbocycles. The van der Waals surface area contributed by atoms with E-state index >= 15 is 0 Å². The number of fused-ring (bicyclic) bond motifs is 7. The van der Waals surface area contributed by atoms with Gasteiger partial charge in [-0.25, -0.2) is 8.78 Å². The highest BCUT2D eigenvalue weighted by Gasteiger charge is 2.11. The van der Waals surface area contributed by atoms with Gasteiger partial charge >= 0.3 is 0 Å². The first-order chi connectivity index (χ1) is 14.7. The van der Waals surface area contributed by atoms with Gasteiger partial charge in [-0.15, -0.1) is 22.7 Å². The Balaban J connectivity index is 0.000000516. The van der Waals surface area contributed by atoms with Crippen LogP contribution in [-0.4, -0.2) is 0 Å². The third-order valence-corrected chi connectivity index (χ3v) is 7.18. The molecule has 0 N–H and O–H groups in total. The molecule has 0 bridgehead atoms. The molecule has 0 aliphatic rings. The van der Waals surface area contributed by atoms with Crippen LogP contribution < -0.4 is 0 Å². The summed E-state index contributed by atoms with van der Waals surface area (Å²) >= 11 is 3.23. The van der Waals surface area contributed by atoms with Gasteiger partial charge in [0.05, 0.1) is 0 Å². The molecule has 4 heteroatoms. The van der Waals surface area contributed by atoms with Crippen LogP contribution >= 0.6 is 22.7 Å². The zero-order chi connectivity index (χ0) is 21.4. The molecule has 0 spiro atoms. The highest BCUT2D eigenvalue weighted by Crippen LogP contribution is 2.40. The molecule has 0 amide bonds. The Morgan fingerprint density at radius 3 is 1.23 bits per heavy atom. The monoisotopic (exact) mass is 436 g/mol. The lowest BCUT2D eigenvalue weighted by Gasteiger charge is -2.01. The number of halogens is 2. The molecule has 2 heterocycles. The molecule has 0 unspecified atom stereocenters. The van der Waals surface area contributed by atoms with Gasteiger partial charge in [-0.1, -0.05) is 39.8 Å². The molecule has 0 fully saturated rings. The largest absolute Gasteiger partial charge is 0.207 e. The second-order valence-corrected chi connectivity index (χ2v) is 8.70. The fraction of sp³-hybridized carbons (Fsp3) is 0.154. The Morgan fingerprint density at radius 1 is 0.467 bits per heavy atom. The average molecular weight is 437 g/mol. The van der Waals surface area contributed by atoms with E-state index in [1.165, 1.54) is 12.1 Å². The molecule has 0 atom stereocenters. The number of benzene rings is 4. The predicted molar refractivity (Wildman–Crippen MR) is 132 cm³/mol. The third kappa shape index (κ3) is 3.34. The lowest BCUT2D eigenvalue weighted by Crippen LogP contribution is -1.75. The topological polar surface area (TPSA) is 0 Å². The van der Waals surface area contributed by atoms with Crippen LogP contribution in [0.15, 0.2) is 60.7 Å². The second kappa shape index (κ2) is 8.29. The summed E-state index contributed by atoms with van der Waals surface area (Å²) in [6.45, 7) is 8.00. The fourth-order valence-corrected chi connectivity index (χ4v) is 6.06. The van der Waals surface area contributed by atoms with E-state index in [1.807, 2.05) is 39.8 Å². The van der Waals surface area contributed by atoms with Crippen molar-refractivity contribution >= 4 is 73.8 Å². The smallest absolute Gasteiger partial charge is 0.124 e. The summed E-state index contributed by atoms with van der Waals surface area (Å²) in [4.78, 5) is 0. The van der Waals surface area contributed by atoms with E-state index in [9.17, 15) is 8.78 Å². The quantitative estimate of drug-likeness (QED) is 0.222. The Hall–Kier alpha value is -2.56. The lowest BCUT2D eigenvalue weighted by atomic mass is 10.0. The second-order valence-electron chi connectivity index (χ2n) is 6.53. The van der Waals surface area contributed by atoms with Crippen molar-refractivity contribution in [2.24, 2.45) is 0 Å². The van der Waals surface area contributed by atoms with Gasteiger partial charge in [-0.05, 0) is 59.3 Å². The SMILES string of the molecule is CC.CC.Fc1ccc2c(c1)sc1cc3cc4c(cc3cc12)sc1cc(F)ccc14. The van der Waals surface area contributed by atoms with E-state index in [1.54, 1.807) is 34.8 Å². The van der Waals surface area contributed by atoms with Crippen molar-refractivity contribution < 1.29 is 8.78 Å². The molecular formula is C26H22F2S2. The van der Waals surface area contributed by atoms with Gasteiger partial charge in [-0.2, -0.15) is 0 Å². The van der Waals surface area contributed by atoms with Gasteiger partial charge in [0.1, 0.15) is 11.6 Å². The van der Waals surface area contributed by atoms with Gasteiger partial charge in [0.15, 0.2) is 0 Å². The number of hydrogen-bond acceptors (Lipinski definition) is 2. The van der Waals surface area contributed by atoms with E-state index in [-0.39, 0.29) is 11.6 Å². The Bertz CT molecular complexity index is 1390. The lowest BCUT2D eigenvalue weighted by molar-refractivity contribution is 0.629. The van der Waals surface area contributed by atoms with Gasteiger partial charge < -0.3 is 0 Å². The molecule has 2 aromatic heterocycles. The minimum atomic E-state index is -0.201. The van der Waals surface area contributed by atoms with E-state index in [0.717, 1.165) is 51.1 Å². The summed E-state index contributed by atoms with van der Waals surface area (Å²) in [6.07, 6.45) is 0. The van der Waals surface area contributed by atoms with Crippen LogP contribution in [0.4, 0.5) is 8.78 Å². The first-order valence-electron chi connectivity index (χ1n) is 10.2. The van der Waals surface area contributed by atoms with E-state index in [4.69, 9.17) is 0 Å². The van der Waals surface area contributed by atoms with Crippen molar-refractivity contribution in [2.45, 2.75) is 27.7 Å². The Labute approximate surface area is 182 Å². The molecule has 0 saturated heterocycles. The van der Waals surface area contributed by atoms with Crippen LogP contribution in [-0.2, 0) is 0 Å². The molecule has 0 radical (unpaired) electrons. The van der Waals surface area contributed by atoms with Crippen molar-refractivity contribution in [3.63, 3.8) is 0 Å². The van der Waals surface area contributed by atoms with Crippen molar-refractivity contribution in [2.75, 3.05) is 0 Å². The van der Waals surface area contributed by atoms with Gasteiger partial charge in [0, 0.05) is 40.3 Å². The zero-order valence-corrected chi connectivity index (χ0v) is 19.0. The molecule has 4 aromatic carbocycles. The maximum Gasteiger partial charge on any atom is 0.124 e. The van der Waals surface area contributed by atoms with Crippen LogP contribution in [0.5, 0.6) is 0 Å². The van der Waals surface area contributed by atoms with Crippen molar-refractivity contribution in [3.05, 3.63) is 72.3 Å². The molecule has 6 aromatic rings. The minimum Gasteiger partial charge on any atom is -0.207 e. The number of hydrogen-bond donors (Lipinski definition) is 0. The number of thiophene rings is 2. The predicted octanol–water partition coefficient (Wildman–Crippen LogP) is 9.91. The summed E-state index contributed by atoms with van der Waals surface area (Å²) in [7, 11) is 0. The van der Waals surface area contributed by atoms with Crippen LogP contribution in [0.3, 0.4) is 0 Å². The van der Waals surface area contributed by atoms with Crippen LogP contribution in [0.2, 0.25) is 0 Å². The standard InChI is InChI=1S/C22H10F2S2.2C2H6/c23-13-1-3-15-17-5-11-8-20-18(16-4-2-14(24)10-22(16)26-20)6-12(11)7-19(17)25-21(15)9-13;2*1-2/h1-10H;2*1-2H3. The Kier molecular flexibility index (Phi) is 5.72. The Morgan fingerprint density at radius 2 is 0.833 bits per heavy atom. The van der Waals surface area contributed by atoms with Gasteiger partial charge in [-0.3, -0.25) is 0 Å². The fourth-order valence-electron chi connectivity index (χ4n) is 3.74. The molecule has 0 aliphatic heterocycles. The van der Waals surface area contributed by atoms with Crippen molar-refractivity contribution in [1.29, 1.82) is 0 Å². The van der Waals surface area contributed by atoms with E-state index < -0.39 is 0 Å². The molecule has 30 heavy (non-hydrogen) atoms. The zero-order valence-electron chi connectivity index (χ0n) is 17.3. The highest BCUT2D eigenvalue weighted by molar-refractivity contribution is 7.26. The van der Waals surface area contributed by atoms with Crippen molar-refractivity contribution in [1.82, 2.24) is 0 Å². The molecular weight excluding hydrogens is 414 g/mol. The maximum absolute atomic E-state index is 13.5. The summed E-state index contributed by atoms with van der Waals surface area (Å²) < 4.78 is 31.4. The summed E-state index contributed by atoms with van der Waals surface area (Å²) in [5.41, 5.74) is 0. The number of rotatable bonds is 0. The molecule has 152 valence electrons. The first-order valence-corrected chi connectivity index (χ1v) is 11.9.